The second-order valence-electron chi connectivity index (χ2n) is 4.59. The van der Waals surface area contributed by atoms with E-state index >= 15 is 0 Å². The Balaban J connectivity index is 1.82. The molecule has 2 aromatic rings. The number of hydrogen-bond acceptors (Lipinski definition) is 1. The van der Waals surface area contributed by atoms with Crippen LogP contribution in [0.5, 0.6) is 0 Å². The highest BCUT2D eigenvalue weighted by Gasteiger charge is 2.32. The molecule has 1 saturated carbocycles. The average Bonchev–Trinajstić information content (AvgIpc) is 3.05. The lowest BCUT2D eigenvalue weighted by molar-refractivity contribution is 0.596. The van der Waals surface area contributed by atoms with Gasteiger partial charge in [-0.25, -0.2) is 4.39 Å². The number of nitrogens with one attached hydrogen (secondary N) is 1. The summed E-state index contributed by atoms with van der Waals surface area (Å²) in [6, 6.07) is 11.1. The van der Waals surface area contributed by atoms with Crippen molar-refractivity contribution in [1.29, 1.82) is 0 Å². The van der Waals surface area contributed by atoms with Crippen molar-refractivity contribution in [2.75, 3.05) is 5.43 Å². The predicted octanol–water partition coefficient (Wildman–Crippen LogP) is 3.32. The summed E-state index contributed by atoms with van der Waals surface area (Å²) in [7, 11) is 0. The van der Waals surface area contributed by atoms with Gasteiger partial charge in [-0.2, -0.15) is 0 Å². The maximum absolute atomic E-state index is 12.9. The summed E-state index contributed by atoms with van der Waals surface area (Å²) < 4.78 is 14.9. The Hall–Kier alpha value is -1.77. The van der Waals surface area contributed by atoms with Crippen LogP contribution in [0.1, 0.15) is 24.4 Å². The van der Waals surface area contributed by atoms with Crippen LogP contribution >= 0.6 is 0 Å². The van der Waals surface area contributed by atoms with Gasteiger partial charge in [-0.1, -0.05) is 12.1 Å². The number of hydrogen-bond donors (Lipinski definition) is 1. The first kappa shape index (κ1) is 10.4. The Labute approximate surface area is 100 Å². The third kappa shape index (κ3) is 2.33. The van der Waals surface area contributed by atoms with E-state index in [1.807, 2.05) is 41.3 Å². The Bertz CT molecular complexity index is 471. The number of halogens is 1. The molecule has 0 radical (unpaired) electrons. The highest BCUT2D eigenvalue weighted by molar-refractivity contribution is 5.24. The summed E-state index contributed by atoms with van der Waals surface area (Å²) in [5, 5.41) is 0. The smallest absolute Gasteiger partial charge is 0.123 e. The van der Waals surface area contributed by atoms with Gasteiger partial charge in [0.2, 0.25) is 0 Å². The van der Waals surface area contributed by atoms with Crippen LogP contribution in [0.15, 0.2) is 48.8 Å². The van der Waals surface area contributed by atoms with E-state index in [-0.39, 0.29) is 11.9 Å². The van der Waals surface area contributed by atoms with E-state index in [4.69, 9.17) is 0 Å². The molecule has 0 aliphatic heterocycles. The van der Waals surface area contributed by atoms with Gasteiger partial charge in [0.15, 0.2) is 0 Å². The molecular formula is C14H15FN2. The maximum atomic E-state index is 12.9. The van der Waals surface area contributed by atoms with Crippen molar-refractivity contribution in [2.45, 2.75) is 18.9 Å². The molecule has 2 nitrogen and oxygen atoms in total. The maximum Gasteiger partial charge on any atom is 0.123 e. The summed E-state index contributed by atoms with van der Waals surface area (Å²) >= 11 is 0. The SMILES string of the molecule is Fc1ccc(C(Nn2cccc2)C2CC2)cc1. The Morgan fingerprint density at radius 2 is 1.76 bits per heavy atom. The second-order valence-corrected chi connectivity index (χ2v) is 4.59. The van der Waals surface area contributed by atoms with E-state index in [2.05, 4.69) is 5.43 Å². The van der Waals surface area contributed by atoms with Crippen LogP contribution in [0, 0.1) is 11.7 Å². The summed E-state index contributed by atoms with van der Waals surface area (Å²) in [5.74, 6) is 0.493. The van der Waals surface area contributed by atoms with Crippen molar-refractivity contribution in [3.8, 4) is 0 Å². The fourth-order valence-corrected chi connectivity index (χ4v) is 2.13. The highest BCUT2D eigenvalue weighted by Crippen LogP contribution is 2.41. The molecule has 3 rings (SSSR count). The lowest BCUT2D eigenvalue weighted by atomic mass is 10.0. The molecule has 1 unspecified atom stereocenters. The van der Waals surface area contributed by atoms with Gasteiger partial charge in [-0.05, 0) is 48.6 Å². The lowest BCUT2D eigenvalue weighted by Gasteiger charge is -2.20. The van der Waals surface area contributed by atoms with E-state index in [0.717, 1.165) is 5.56 Å². The molecule has 1 aliphatic rings. The molecule has 1 aromatic heterocycles. The van der Waals surface area contributed by atoms with Gasteiger partial charge in [-0.15, -0.1) is 0 Å². The summed E-state index contributed by atoms with van der Waals surface area (Å²) in [5.41, 5.74) is 4.61. The molecule has 1 atom stereocenters. The molecule has 1 N–H and O–H groups in total. The van der Waals surface area contributed by atoms with E-state index < -0.39 is 0 Å². The lowest BCUT2D eigenvalue weighted by Crippen LogP contribution is -2.21. The van der Waals surface area contributed by atoms with Crippen LogP contribution in [0.3, 0.4) is 0 Å². The molecule has 1 heterocycles. The van der Waals surface area contributed by atoms with Crippen molar-refractivity contribution in [1.82, 2.24) is 4.68 Å². The van der Waals surface area contributed by atoms with Crippen LogP contribution in [-0.4, -0.2) is 4.68 Å². The van der Waals surface area contributed by atoms with Crippen molar-refractivity contribution in [3.63, 3.8) is 0 Å². The summed E-state index contributed by atoms with van der Waals surface area (Å²) in [6.45, 7) is 0. The Morgan fingerprint density at radius 1 is 1.12 bits per heavy atom. The fraction of sp³-hybridized carbons (Fsp3) is 0.286. The molecular weight excluding hydrogens is 215 g/mol. The fourth-order valence-electron chi connectivity index (χ4n) is 2.13. The Kier molecular flexibility index (Phi) is 2.59. The molecule has 0 saturated heterocycles. The van der Waals surface area contributed by atoms with E-state index in [9.17, 15) is 4.39 Å². The van der Waals surface area contributed by atoms with Gasteiger partial charge in [0.1, 0.15) is 5.82 Å². The monoisotopic (exact) mass is 230 g/mol. The molecule has 1 aliphatic carbocycles. The third-order valence-electron chi connectivity index (χ3n) is 3.22. The topological polar surface area (TPSA) is 17.0 Å². The van der Waals surface area contributed by atoms with Gasteiger partial charge in [-0.3, -0.25) is 4.68 Å². The van der Waals surface area contributed by atoms with Crippen molar-refractivity contribution < 1.29 is 4.39 Å². The van der Waals surface area contributed by atoms with Gasteiger partial charge in [0.05, 0.1) is 6.04 Å². The minimum Gasteiger partial charge on any atom is -0.319 e. The Morgan fingerprint density at radius 3 is 2.35 bits per heavy atom. The number of rotatable bonds is 4. The first-order chi connectivity index (χ1) is 8.33. The minimum absolute atomic E-state index is 0.177. The zero-order valence-electron chi connectivity index (χ0n) is 9.51. The van der Waals surface area contributed by atoms with E-state index in [1.54, 1.807) is 0 Å². The van der Waals surface area contributed by atoms with Crippen molar-refractivity contribution in [2.24, 2.45) is 5.92 Å². The zero-order chi connectivity index (χ0) is 11.7. The van der Waals surface area contributed by atoms with E-state index in [0.29, 0.717) is 5.92 Å². The molecule has 88 valence electrons. The average molecular weight is 230 g/mol. The van der Waals surface area contributed by atoms with Gasteiger partial charge < -0.3 is 5.43 Å². The summed E-state index contributed by atoms with van der Waals surface area (Å²) in [6.07, 6.45) is 6.46. The number of nitrogens with zero attached hydrogens (tertiary/aromatic N) is 1. The van der Waals surface area contributed by atoms with E-state index in [1.165, 1.54) is 25.0 Å². The molecule has 1 fully saturated rings. The molecule has 3 heteroatoms. The third-order valence-corrected chi connectivity index (χ3v) is 3.22. The summed E-state index contributed by atoms with van der Waals surface area (Å²) in [4.78, 5) is 0. The molecule has 1 aromatic carbocycles. The van der Waals surface area contributed by atoms with Crippen LogP contribution in [0.2, 0.25) is 0 Å². The molecule has 0 amide bonds. The molecule has 0 bridgehead atoms. The molecule has 0 spiro atoms. The number of benzene rings is 1. The van der Waals surface area contributed by atoms with Crippen molar-refractivity contribution >= 4 is 0 Å². The first-order valence-corrected chi connectivity index (χ1v) is 5.98. The largest absolute Gasteiger partial charge is 0.319 e. The van der Waals surface area contributed by atoms with Crippen LogP contribution < -0.4 is 5.43 Å². The molecule has 17 heavy (non-hydrogen) atoms. The quantitative estimate of drug-likeness (QED) is 0.852. The normalized spacial score (nSPS) is 16.8. The predicted molar refractivity (Wildman–Crippen MR) is 65.7 cm³/mol. The van der Waals surface area contributed by atoms with Crippen molar-refractivity contribution in [3.05, 3.63) is 60.2 Å². The zero-order valence-corrected chi connectivity index (χ0v) is 9.51. The van der Waals surface area contributed by atoms with Gasteiger partial charge >= 0.3 is 0 Å². The van der Waals surface area contributed by atoms with Gasteiger partial charge in [0, 0.05) is 12.4 Å². The van der Waals surface area contributed by atoms with Gasteiger partial charge in [0.25, 0.3) is 0 Å². The standard InChI is InChI=1S/C14H15FN2/c15-13-7-5-12(6-8-13)14(11-3-4-11)16-17-9-1-2-10-17/h1-2,5-11,14,16H,3-4H2. The van der Waals surface area contributed by atoms with Crippen LogP contribution in [0.25, 0.3) is 0 Å². The highest BCUT2D eigenvalue weighted by atomic mass is 19.1. The van der Waals surface area contributed by atoms with Crippen LogP contribution in [0.4, 0.5) is 4.39 Å². The number of aromatic nitrogens is 1. The first-order valence-electron chi connectivity index (χ1n) is 5.98. The minimum atomic E-state index is -0.177. The second kappa shape index (κ2) is 4.24. The van der Waals surface area contributed by atoms with Crippen LogP contribution in [-0.2, 0) is 0 Å².